The molecule has 0 unspecified atom stereocenters. The molecule has 1 aromatic rings. The minimum absolute atomic E-state index is 0.592. The van der Waals surface area contributed by atoms with Gasteiger partial charge in [-0.3, -0.25) is 0 Å². The van der Waals surface area contributed by atoms with Crippen LogP contribution < -0.4 is 5.19 Å². The fourth-order valence-corrected chi connectivity index (χ4v) is 5.27. The Labute approximate surface area is 137 Å². The lowest BCUT2D eigenvalue weighted by Crippen LogP contribution is -2.57. The van der Waals surface area contributed by atoms with Crippen LogP contribution in [0, 0.1) is 7.14 Å². The molecule has 0 heterocycles. The topological polar surface area (TPSA) is 27.7 Å². The molecule has 0 spiro atoms. The molecule has 0 fully saturated rings. The Kier molecular flexibility index (Phi) is 7.62. The zero-order chi connectivity index (χ0) is 13.6. The average Bonchev–Trinajstić information content (AvgIpc) is 2.33. The van der Waals surface area contributed by atoms with E-state index in [1.54, 1.807) is 0 Å². The first kappa shape index (κ1) is 16.8. The molecule has 0 aliphatic carbocycles. The van der Waals surface area contributed by atoms with Gasteiger partial charge in [-0.2, -0.15) is 0 Å². The van der Waals surface area contributed by atoms with Crippen LogP contribution >= 0.6 is 45.2 Å². The summed E-state index contributed by atoms with van der Waals surface area (Å²) in [5, 5.41) is 1.04. The van der Waals surface area contributed by atoms with Crippen molar-refractivity contribution in [3.63, 3.8) is 0 Å². The third-order valence-corrected chi connectivity index (χ3v) is 8.17. The van der Waals surface area contributed by atoms with Gasteiger partial charge in [-0.15, -0.1) is 0 Å². The van der Waals surface area contributed by atoms with E-state index in [1.165, 1.54) is 7.14 Å². The Balaban J connectivity index is 3.16. The second kappa shape index (κ2) is 8.15. The number of hydrogen-bond donors (Lipinski definition) is 0. The molecule has 18 heavy (non-hydrogen) atoms. The molecule has 6 heteroatoms. The van der Waals surface area contributed by atoms with Crippen LogP contribution in [0.15, 0.2) is 18.2 Å². The number of halogens is 2. The van der Waals surface area contributed by atoms with Crippen LogP contribution in [0.5, 0.6) is 0 Å². The highest BCUT2D eigenvalue weighted by Crippen LogP contribution is 2.17. The number of rotatable bonds is 7. The van der Waals surface area contributed by atoms with E-state index in [0.717, 1.165) is 5.19 Å². The first-order valence-corrected chi connectivity index (χ1v) is 9.85. The summed E-state index contributed by atoms with van der Waals surface area (Å²) in [6, 6.07) is 6.24. The summed E-state index contributed by atoms with van der Waals surface area (Å²) in [5.41, 5.74) is 0. The maximum atomic E-state index is 5.88. The zero-order valence-corrected chi connectivity index (χ0v) is 16.1. The molecule has 0 N–H and O–H groups in total. The van der Waals surface area contributed by atoms with Crippen molar-refractivity contribution in [2.24, 2.45) is 0 Å². The summed E-state index contributed by atoms with van der Waals surface area (Å²) in [4.78, 5) is 0. The largest absolute Gasteiger partial charge is 0.537 e. The van der Waals surface area contributed by atoms with Crippen molar-refractivity contribution in [3.05, 3.63) is 25.3 Å². The van der Waals surface area contributed by atoms with Gasteiger partial charge in [0, 0.05) is 32.1 Å². The Morgan fingerprint density at radius 1 is 0.889 bits per heavy atom. The molecule has 1 rings (SSSR count). The monoisotopic (exact) mass is 492 g/mol. The standard InChI is InChI=1S/C12H18I2O3Si/c1-4-15-18(16-5-2,17-6-3)10-7-8-11(13)12(14)9-10/h7-9H,4-6H2,1-3H3. The highest BCUT2D eigenvalue weighted by molar-refractivity contribution is 14.1. The number of benzene rings is 1. The molecular weight excluding hydrogens is 474 g/mol. The molecule has 0 aliphatic rings. The predicted octanol–water partition coefficient (Wildman–Crippen LogP) is 3.15. The maximum absolute atomic E-state index is 5.88. The van der Waals surface area contributed by atoms with Crippen molar-refractivity contribution in [2.45, 2.75) is 20.8 Å². The molecule has 102 valence electrons. The molecule has 0 bridgehead atoms. The van der Waals surface area contributed by atoms with Gasteiger partial charge in [-0.25, -0.2) is 0 Å². The zero-order valence-electron chi connectivity index (χ0n) is 10.8. The van der Waals surface area contributed by atoms with E-state index in [1.807, 2.05) is 20.8 Å². The summed E-state index contributed by atoms with van der Waals surface area (Å²) in [5.74, 6) is 0. The van der Waals surface area contributed by atoms with Gasteiger partial charge in [-0.05, 0) is 78.1 Å². The lowest BCUT2D eigenvalue weighted by atomic mass is 10.4. The molecule has 0 amide bonds. The van der Waals surface area contributed by atoms with Crippen molar-refractivity contribution >= 4 is 59.2 Å². The molecule has 0 aliphatic heterocycles. The average molecular weight is 492 g/mol. The summed E-state index contributed by atoms with van der Waals surface area (Å²) < 4.78 is 20.1. The van der Waals surface area contributed by atoms with Crippen molar-refractivity contribution in [1.29, 1.82) is 0 Å². The molecule has 0 saturated carbocycles. The predicted molar refractivity (Wildman–Crippen MR) is 92.1 cm³/mol. The van der Waals surface area contributed by atoms with Crippen LogP contribution in [0.25, 0.3) is 0 Å². The maximum Gasteiger partial charge on any atom is 0.537 e. The molecule has 1 aromatic carbocycles. The van der Waals surface area contributed by atoms with Crippen LogP contribution in [0.2, 0.25) is 0 Å². The van der Waals surface area contributed by atoms with Gasteiger partial charge in [0.1, 0.15) is 0 Å². The van der Waals surface area contributed by atoms with E-state index in [0.29, 0.717) is 19.8 Å². The third kappa shape index (κ3) is 4.14. The third-order valence-electron chi connectivity index (χ3n) is 2.28. The van der Waals surface area contributed by atoms with Crippen molar-refractivity contribution in [2.75, 3.05) is 19.8 Å². The number of hydrogen-bond acceptors (Lipinski definition) is 3. The van der Waals surface area contributed by atoms with Crippen LogP contribution in [0.3, 0.4) is 0 Å². The Bertz CT molecular complexity index is 371. The SMILES string of the molecule is CCO[Si](OCC)(OCC)c1ccc(I)c(I)c1. The first-order chi connectivity index (χ1) is 8.59. The summed E-state index contributed by atoms with van der Waals surface area (Å²) >= 11 is 4.64. The summed E-state index contributed by atoms with van der Waals surface area (Å²) in [6.07, 6.45) is 0. The Hall–Kier alpha value is 0.777. The fourth-order valence-electron chi connectivity index (χ4n) is 1.63. The normalized spacial score (nSPS) is 11.8. The van der Waals surface area contributed by atoms with E-state index >= 15 is 0 Å². The molecule has 0 atom stereocenters. The second-order valence-corrected chi connectivity index (χ2v) is 8.36. The molecule has 0 radical (unpaired) electrons. The van der Waals surface area contributed by atoms with Gasteiger partial charge in [0.25, 0.3) is 0 Å². The highest BCUT2D eigenvalue weighted by atomic mass is 127. The van der Waals surface area contributed by atoms with Crippen LogP contribution in [0.1, 0.15) is 20.8 Å². The van der Waals surface area contributed by atoms with Gasteiger partial charge < -0.3 is 13.3 Å². The second-order valence-electron chi connectivity index (χ2n) is 3.48. The Morgan fingerprint density at radius 2 is 1.39 bits per heavy atom. The van der Waals surface area contributed by atoms with Gasteiger partial charge in [0.05, 0.1) is 0 Å². The van der Waals surface area contributed by atoms with Crippen LogP contribution in [0.4, 0.5) is 0 Å². The van der Waals surface area contributed by atoms with E-state index in [-0.39, 0.29) is 0 Å². The lowest BCUT2D eigenvalue weighted by Gasteiger charge is -2.28. The van der Waals surface area contributed by atoms with E-state index in [2.05, 4.69) is 63.4 Å². The highest BCUT2D eigenvalue weighted by Gasteiger charge is 2.43. The van der Waals surface area contributed by atoms with E-state index in [4.69, 9.17) is 13.3 Å². The molecule has 0 aromatic heterocycles. The van der Waals surface area contributed by atoms with E-state index < -0.39 is 8.80 Å². The van der Waals surface area contributed by atoms with Crippen LogP contribution in [-0.2, 0) is 13.3 Å². The minimum Gasteiger partial charge on any atom is -0.370 e. The van der Waals surface area contributed by atoms with Gasteiger partial charge in [0.2, 0.25) is 0 Å². The van der Waals surface area contributed by atoms with Crippen molar-refractivity contribution in [3.8, 4) is 0 Å². The van der Waals surface area contributed by atoms with Crippen molar-refractivity contribution < 1.29 is 13.3 Å². The van der Waals surface area contributed by atoms with E-state index in [9.17, 15) is 0 Å². The smallest absolute Gasteiger partial charge is 0.370 e. The van der Waals surface area contributed by atoms with Crippen LogP contribution in [-0.4, -0.2) is 28.6 Å². The van der Waals surface area contributed by atoms with Gasteiger partial charge in [-0.1, -0.05) is 6.07 Å². The quantitative estimate of drug-likeness (QED) is 0.433. The molecule has 0 saturated heterocycles. The fraction of sp³-hybridized carbons (Fsp3) is 0.500. The minimum atomic E-state index is -2.73. The van der Waals surface area contributed by atoms with Gasteiger partial charge >= 0.3 is 8.80 Å². The summed E-state index contributed by atoms with van der Waals surface area (Å²) in [7, 11) is -2.73. The first-order valence-electron chi connectivity index (χ1n) is 5.97. The molecular formula is C12H18I2O3Si. The van der Waals surface area contributed by atoms with Gasteiger partial charge in [0.15, 0.2) is 0 Å². The summed E-state index contributed by atoms with van der Waals surface area (Å²) in [6.45, 7) is 7.69. The lowest BCUT2D eigenvalue weighted by molar-refractivity contribution is 0.0859. The van der Waals surface area contributed by atoms with Crippen molar-refractivity contribution in [1.82, 2.24) is 0 Å². The Morgan fingerprint density at radius 3 is 1.78 bits per heavy atom. The molecule has 3 nitrogen and oxygen atoms in total.